The number of likely N-dealkylation sites (N-methyl/N-ethyl adjacent to an activating group) is 1. The normalized spacial score (nSPS) is 15.7. The number of rotatable bonds is 6. The predicted molar refractivity (Wildman–Crippen MR) is 101 cm³/mol. The van der Waals surface area contributed by atoms with Crippen LogP contribution in [0.2, 0.25) is 0 Å². The smallest absolute Gasteiger partial charge is 0.251 e. The van der Waals surface area contributed by atoms with E-state index in [1.165, 1.54) is 5.56 Å². The molecule has 1 saturated heterocycles. The van der Waals surface area contributed by atoms with Crippen LogP contribution in [0.3, 0.4) is 0 Å². The first-order valence-corrected chi connectivity index (χ1v) is 9.30. The number of benzene rings is 2. The fourth-order valence-electron chi connectivity index (χ4n) is 3.25. The lowest BCUT2D eigenvalue weighted by Crippen LogP contribution is -2.45. The van der Waals surface area contributed by atoms with Gasteiger partial charge in [-0.2, -0.15) is 0 Å². The summed E-state index contributed by atoms with van der Waals surface area (Å²) in [7, 11) is 0. The Morgan fingerprint density at radius 2 is 1.48 bits per heavy atom. The number of nitrogens with one attached hydrogen (secondary N) is 1. The van der Waals surface area contributed by atoms with Gasteiger partial charge in [0, 0.05) is 50.9 Å². The minimum Gasteiger partial charge on any atom is -0.348 e. The van der Waals surface area contributed by atoms with Crippen LogP contribution in [0.4, 0.5) is 8.78 Å². The monoisotopic (exact) mass is 373 g/mol. The molecule has 1 amide bonds. The summed E-state index contributed by atoms with van der Waals surface area (Å²) in [6.45, 7) is 8.92. The standard InChI is InChI=1S/C21H25F2N3O/c1-2-25-7-9-26(10-8-25)15-17-5-3-16(4-6-17)14-24-21(27)18-11-19(22)13-20(23)12-18/h3-6,11-13H,2,7-10,14-15H2,1H3,(H,24,27). The van der Waals surface area contributed by atoms with Gasteiger partial charge < -0.3 is 10.2 Å². The number of nitrogens with zero attached hydrogens (tertiary/aromatic N) is 2. The van der Waals surface area contributed by atoms with Gasteiger partial charge in [0.15, 0.2) is 0 Å². The van der Waals surface area contributed by atoms with Crippen LogP contribution in [0.5, 0.6) is 0 Å². The van der Waals surface area contributed by atoms with Crippen molar-refractivity contribution in [3.8, 4) is 0 Å². The molecular formula is C21H25F2N3O. The van der Waals surface area contributed by atoms with E-state index in [-0.39, 0.29) is 5.56 Å². The SMILES string of the molecule is CCN1CCN(Cc2ccc(CNC(=O)c3cc(F)cc(F)c3)cc2)CC1. The molecule has 0 spiro atoms. The molecule has 0 bridgehead atoms. The summed E-state index contributed by atoms with van der Waals surface area (Å²) in [6, 6.07) is 10.9. The zero-order chi connectivity index (χ0) is 19.2. The first-order valence-electron chi connectivity index (χ1n) is 9.30. The molecule has 1 fully saturated rings. The molecule has 1 aliphatic rings. The molecule has 2 aromatic rings. The zero-order valence-corrected chi connectivity index (χ0v) is 15.5. The number of carbonyl (C=O) groups excluding carboxylic acids is 1. The fraction of sp³-hybridized carbons (Fsp3) is 0.381. The summed E-state index contributed by atoms with van der Waals surface area (Å²) in [6.07, 6.45) is 0. The lowest BCUT2D eigenvalue weighted by Gasteiger charge is -2.34. The maximum atomic E-state index is 13.2. The van der Waals surface area contributed by atoms with Crippen LogP contribution >= 0.6 is 0 Å². The molecule has 1 N–H and O–H groups in total. The average molecular weight is 373 g/mol. The first-order chi connectivity index (χ1) is 13.0. The zero-order valence-electron chi connectivity index (χ0n) is 15.5. The molecular weight excluding hydrogens is 348 g/mol. The molecule has 0 aromatic heterocycles. The molecule has 0 radical (unpaired) electrons. The van der Waals surface area contributed by atoms with Gasteiger partial charge >= 0.3 is 0 Å². The molecule has 144 valence electrons. The topological polar surface area (TPSA) is 35.6 Å². The molecule has 0 aliphatic carbocycles. The van der Waals surface area contributed by atoms with Crippen molar-refractivity contribution < 1.29 is 13.6 Å². The molecule has 0 atom stereocenters. The van der Waals surface area contributed by atoms with E-state index in [0.717, 1.165) is 63.0 Å². The Morgan fingerprint density at radius 1 is 0.926 bits per heavy atom. The second-order valence-electron chi connectivity index (χ2n) is 6.87. The minimum absolute atomic E-state index is 0.0182. The van der Waals surface area contributed by atoms with Gasteiger partial charge in [-0.1, -0.05) is 31.2 Å². The van der Waals surface area contributed by atoms with Gasteiger partial charge in [0.05, 0.1) is 0 Å². The van der Waals surface area contributed by atoms with Crippen molar-refractivity contribution in [2.45, 2.75) is 20.0 Å². The van der Waals surface area contributed by atoms with Gasteiger partial charge in [0.1, 0.15) is 11.6 Å². The minimum atomic E-state index is -0.760. The highest BCUT2D eigenvalue weighted by Gasteiger charge is 2.15. The molecule has 0 unspecified atom stereocenters. The van der Waals surface area contributed by atoms with Gasteiger partial charge in [-0.3, -0.25) is 9.69 Å². The lowest BCUT2D eigenvalue weighted by molar-refractivity contribution is 0.0950. The largest absolute Gasteiger partial charge is 0.348 e. The van der Waals surface area contributed by atoms with Crippen molar-refractivity contribution in [2.24, 2.45) is 0 Å². The van der Waals surface area contributed by atoms with Crippen LogP contribution in [0.1, 0.15) is 28.4 Å². The second-order valence-corrected chi connectivity index (χ2v) is 6.87. The summed E-state index contributed by atoms with van der Waals surface area (Å²) in [4.78, 5) is 16.9. The number of carbonyl (C=O) groups is 1. The molecule has 3 rings (SSSR count). The highest BCUT2D eigenvalue weighted by atomic mass is 19.1. The molecule has 27 heavy (non-hydrogen) atoms. The number of hydrogen-bond donors (Lipinski definition) is 1. The van der Waals surface area contributed by atoms with E-state index in [4.69, 9.17) is 0 Å². The Morgan fingerprint density at radius 3 is 2.07 bits per heavy atom. The Balaban J connectivity index is 1.49. The van der Waals surface area contributed by atoms with Crippen molar-refractivity contribution in [3.63, 3.8) is 0 Å². The Kier molecular flexibility index (Phi) is 6.53. The third-order valence-electron chi connectivity index (χ3n) is 4.92. The van der Waals surface area contributed by atoms with Crippen LogP contribution in [-0.4, -0.2) is 48.4 Å². The Labute approximate surface area is 158 Å². The van der Waals surface area contributed by atoms with Crippen molar-refractivity contribution in [3.05, 3.63) is 70.8 Å². The van der Waals surface area contributed by atoms with E-state index < -0.39 is 17.5 Å². The summed E-state index contributed by atoms with van der Waals surface area (Å²) in [5.41, 5.74) is 2.16. The fourth-order valence-corrected chi connectivity index (χ4v) is 3.25. The van der Waals surface area contributed by atoms with E-state index in [1.807, 2.05) is 12.1 Å². The summed E-state index contributed by atoms with van der Waals surface area (Å²) >= 11 is 0. The number of halogens is 2. The van der Waals surface area contributed by atoms with Gasteiger partial charge in [-0.15, -0.1) is 0 Å². The van der Waals surface area contributed by atoms with Crippen LogP contribution in [0, 0.1) is 11.6 Å². The molecule has 2 aromatic carbocycles. The number of piperazine rings is 1. The maximum absolute atomic E-state index is 13.2. The molecule has 6 heteroatoms. The number of amides is 1. The quantitative estimate of drug-likeness (QED) is 0.846. The lowest BCUT2D eigenvalue weighted by atomic mass is 10.1. The van der Waals surface area contributed by atoms with Crippen LogP contribution in [0.15, 0.2) is 42.5 Å². The van der Waals surface area contributed by atoms with Crippen LogP contribution in [0.25, 0.3) is 0 Å². The van der Waals surface area contributed by atoms with Gasteiger partial charge in [0.25, 0.3) is 5.91 Å². The van der Waals surface area contributed by atoms with E-state index in [0.29, 0.717) is 6.54 Å². The maximum Gasteiger partial charge on any atom is 0.251 e. The van der Waals surface area contributed by atoms with Gasteiger partial charge in [-0.25, -0.2) is 8.78 Å². The average Bonchev–Trinajstić information content (AvgIpc) is 2.67. The molecule has 1 heterocycles. The van der Waals surface area contributed by atoms with E-state index in [2.05, 4.69) is 34.2 Å². The van der Waals surface area contributed by atoms with Gasteiger partial charge in [0.2, 0.25) is 0 Å². The van der Waals surface area contributed by atoms with E-state index in [1.54, 1.807) is 0 Å². The highest BCUT2D eigenvalue weighted by molar-refractivity contribution is 5.94. The second kappa shape index (κ2) is 9.06. The number of hydrogen-bond acceptors (Lipinski definition) is 3. The predicted octanol–water partition coefficient (Wildman–Crippen LogP) is 3.03. The molecule has 4 nitrogen and oxygen atoms in total. The Hall–Kier alpha value is -2.31. The summed E-state index contributed by atoms with van der Waals surface area (Å²) < 4.78 is 26.4. The van der Waals surface area contributed by atoms with Crippen LogP contribution in [-0.2, 0) is 13.1 Å². The summed E-state index contributed by atoms with van der Waals surface area (Å²) in [5.74, 6) is -2.01. The third-order valence-corrected chi connectivity index (χ3v) is 4.92. The molecule has 1 aliphatic heterocycles. The van der Waals surface area contributed by atoms with Gasteiger partial charge in [-0.05, 0) is 29.8 Å². The van der Waals surface area contributed by atoms with Crippen molar-refractivity contribution in [2.75, 3.05) is 32.7 Å². The molecule has 0 saturated carbocycles. The van der Waals surface area contributed by atoms with Crippen molar-refractivity contribution in [1.82, 2.24) is 15.1 Å². The highest BCUT2D eigenvalue weighted by Crippen LogP contribution is 2.11. The third kappa shape index (κ3) is 5.58. The summed E-state index contributed by atoms with van der Waals surface area (Å²) in [5, 5.41) is 2.69. The van der Waals surface area contributed by atoms with Crippen LogP contribution < -0.4 is 5.32 Å². The Bertz CT molecular complexity index is 751. The van der Waals surface area contributed by atoms with Crippen molar-refractivity contribution >= 4 is 5.91 Å². The first kappa shape index (κ1) is 19.5. The van der Waals surface area contributed by atoms with E-state index >= 15 is 0 Å². The van der Waals surface area contributed by atoms with Crippen molar-refractivity contribution in [1.29, 1.82) is 0 Å². The van der Waals surface area contributed by atoms with E-state index in [9.17, 15) is 13.6 Å².